The van der Waals surface area contributed by atoms with Crippen molar-refractivity contribution < 1.29 is 57.8 Å². The third-order valence-electron chi connectivity index (χ3n) is 17.3. The number of para-hydroxylation sites is 1. The molecule has 25 nitrogen and oxygen atoms in total. The van der Waals surface area contributed by atoms with Crippen LogP contribution in [0.3, 0.4) is 0 Å². The van der Waals surface area contributed by atoms with E-state index in [1.165, 1.54) is 29.2 Å². The van der Waals surface area contributed by atoms with Crippen LogP contribution < -0.4 is 59.3 Å². The van der Waals surface area contributed by atoms with E-state index in [2.05, 4.69) is 52.8 Å². The van der Waals surface area contributed by atoms with E-state index in [1.54, 1.807) is 135 Å². The highest BCUT2D eigenvalue weighted by atomic mass is 16.3. The van der Waals surface area contributed by atoms with Crippen molar-refractivity contribution in [2.24, 2.45) is 23.3 Å². The Balaban J connectivity index is 1.22. The Morgan fingerprint density at radius 1 is 0.485 bits per heavy atom. The summed E-state index contributed by atoms with van der Waals surface area (Å²) in [6.07, 6.45) is 0.871. The van der Waals surface area contributed by atoms with Crippen molar-refractivity contribution in [3.8, 4) is 5.75 Å². The number of nitrogens with two attached hydrogens (primary N) is 2. The Hall–Kier alpha value is -10.4. The van der Waals surface area contributed by atoms with Gasteiger partial charge < -0.3 is 74.3 Å². The normalized spacial score (nSPS) is 23.4. The van der Waals surface area contributed by atoms with Gasteiger partial charge >= 0.3 is 0 Å². The second-order valence-electron chi connectivity index (χ2n) is 25.6. The Labute approximate surface area is 563 Å². The van der Waals surface area contributed by atoms with Crippen LogP contribution in [-0.2, 0) is 84.8 Å². The monoisotopic (exact) mass is 1330 g/mol. The Kier molecular flexibility index (Phi) is 26.0. The molecule has 25 heteroatoms. The molecule has 1 aromatic heterocycles. The zero-order valence-corrected chi connectivity index (χ0v) is 55.0. The number of aromatic nitrogens is 1. The smallest absolute Gasteiger partial charge is 0.246 e. The topological polar surface area (TPSA) is 387 Å². The van der Waals surface area contributed by atoms with Crippen molar-refractivity contribution >= 4 is 75.9 Å². The molecule has 0 saturated carbocycles. The van der Waals surface area contributed by atoms with Crippen molar-refractivity contribution in [1.82, 2.24) is 57.7 Å². The lowest BCUT2D eigenvalue weighted by Crippen LogP contribution is -2.62. The number of rotatable bonds is 18. The van der Waals surface area contributed by atoms with Crippen LogP contribution in [0.5, 0.6) is 5.75 Å². The first-order valence-corrected chi connectivity index (χ1v) is 33.0. The number of amides is 11. The number of primary amides is 1. The van der Waals surface area contributed by atoms with Crippen molar-refractivity contribution in [3.05, 3.63) is 174 Å². The Morgan fingerprint density at radius 2 is 0.907 bits per heavy atom. The number of hydrogen-bond donors (Lipinski definition) is 13. The van der Waals surface area contributed by atoms with Gasteiger partial charge in [0.1, 0.15) is 66.2 Å². The molecule has 11 amide bonds. The van der Waals surface area contributed by atoms with E-state index in [9.17, 15) is 38.7 Å². The molecular formula is C72H89N13O12. The summed E-state index contributed by atoms with van der Waals surface area (Å²) in [6.45, 7) is 7.19. The van der Waals surface area contributed by atoms with E-state index in [0.29, 0.717) is 45.1 Å². The predicted octanol–water partition coefficient (Wildman–Crippen LogP) is 2.07. The molecule has 6 aromatic rings. The fourth-order valence-electron chi connectivity index (χ4n) is 12.1. The maximum absolute atomic E-state index is 15.2. The van der Waals surface area contributed by atoms with Crippen LogP contribution in [0.15, 0.2) is 146 Å². The maximum Gasteiger partial charge on any atom is 0.246 e. The van der Waals surface area contributed by atoms with Crippen LogP contribution in [0.4, 0.5) is 0 Å². The summed E-state index contributed by atoms with van der Waals surface area (Å²) < 4.78 is 0. The van der Waals surface area contributed by atoms with Gasteiger partial charge in [0.15, 0.2) is 0 Å². The number of carbonyl (C=O) groups excluding carboxylic acids is 11. The largest absolute Gasteiger partial charge is 0.508 e. The van der Waals surface area contributed by atoms with Gasteiger partial charge in [-0.25, -0.2) is 0 Å². The minimum atomic E-state index is -1.79. The van der Waals surface area contributed by atoms with Crippen molar-refractivity contribution in [2.45, 2.75) is 159 Å². The molecule has 0 bridgehead atoms. The standard InChI is InChI=1S/C72H89N13O12/c1-42(2)34-53-64(89)83-59(38-46-22-12-7-13-23-46)72(97)85-33-17-27-60(85)70(95)82-55(36-45-20-10-6-11-21-45)66(91)78-54(35-44-18-8-5-9-19-44)65(90)81-58(40-61(74)87)68(93)80-57(39-48-41-75-51-25-15-14-24-50(48)51)67(92)79-56(37-47-28-30-49(86)31-29-47)69(94)84-62(43(3)4)71(96)76-52(26-16-32-73)63(88)77-53/h5-15,18-25,28-31,41-43,52-60,62,75,86H,16-17,26-27,32-40,73H2,1-4H3,(H2,74,87)(H,76,96)(H,77,88)(H,78,91)(H,79,92)(H,80,93)(H,81,90)(H,82,95)(H,83,89)(H,84,94)/t52-,53-,54+,55-,56-,57-,58-,59+,60-,62-/m0/s1. The van der Waals surface area contributed by atoms with Crippen LogP contribution in [0.1, 0.15) is 94.0 Å². The second kappa shape index (κ2) is 34.8. The average Bonchev–Trinajstić information content (AvgIpc) is 1.75. The molecular weight excluding hydrogens is 1240 g/mol. The van der Waals surface area contributed by atoms with Gasteiger partial charge in [-0.3, -0.25) is 52.7 Å². The van der Waals surface area contributed by atoms with E-state index in [4.69, 9.17) is 11.5 Å². The summed E-state index contributed by atoms with van der Waals surface area (Å²) in [7, 11) is 0. The van der Waals surface area contributed by atoms with E-state index < -0.39 is 138 Å². The highest BCUT2D eigenvalue weighted by molar-refractivity contribution is 6.01. The SMILES string of the molecule is CC(C)C[C@@H]1NC(=O)[C@H](CCCN)NC(=O)[C@H](C(C)C)NC(=O)[C@H](Cc2ccc(O)cc2)NC(=O)[C@H](Cc2c[nH]c3ccccc23)NC(=O)[C@H](CC(N)=O)NC(=O)[C@@H](Cc2ccccc2)NC(=O)[C@H](Cc2ccccc2)NC(=O)[C@@H]2CCCN2C(=O)[C@@H](Cc2ccccc2)NC1=O. The fraction of sp³-hybridized carbons (Fsp3) is 0.403. The molecule has 97 heavy (non-hydrogen) atoms. The number of H-pyrrole nitrogens is 1. The van der Waals surface area contributed by atoms with Crippen molar-refractivity contribution in [2.75, 3.05) is 13.1 Å². The van der Waals surface area contributed by atoms with Gasteiger partial charge in [0.25, 0.3) is 0 Å². The maximum atomic E-state index is 15.2. The molecule has 2 saturated heterocycles. The van der Waals surface area contributed by atoms with Gasteiger partial charge in [0.2, 0.25) is 65.0 Å². The van der Waals surface area contributed by atoms with E-state index in [1.807, 2.05) is 13.8 Å². The highest BCUT2D eigenvalue weighted by Crippen LogP contribution is 2.23. The van der Waals surface area contributed by atoms with Crippen molar-refractivity contribution in [3.63, 3.8) is 0 Å². The Morgan fingerprint density at radius 3 is 1.43 bits per heavy atom. The van der Waals surface area contributed by atoms with Gasteiger partial charge in [-0.1, -0.05) is 149 Å². The molecule has 514 valence electrons. The molecule has 0 radical (unpaired) electrons. The average molecular weight is 1330 g/mol. The van der Waals surface area contributed by atoms with Gasteiger partial charge in [-0.2, -0.15) is 0 Å². The lowest BCUT2D eigenvalue weighted by atomic mass is 9.98. The van der Waals surface area contributed by atoms with Gasteiger partial charge in [0.05, 0.1) is 6.42 Å². The number of aromatic hydroxyl groups is 1. The summed E-state index contributed by atoms with van der Waals surface area (Å²) in [5, 5.41) is 36.0. The third kappa shape index (κ3) is 20.8. The number of aromatic amines is 1. The number of carbonyl (C=O) groups is 11. The fourth-order valence-corrected chi connectivity index (χ4v) is 12.1. The predicted molar refractivity (Wildman–Crippen MR) is 363 cm³/mol. The zero-order chi connectivity index (χ0) is 69.7. The van der Waals surface area contributed by atoms with Gasteiger partial charge in [-0.05, 0) is 96.5 Å². The first-order valence-electron chi connectivity index (χ1n) is 33.0. The molecule has 2 aliphatic rings. The van der Waals surface area contributed by atoms with Crippen LogP contribution in [0.2, 0.25) is 0 Å². The molecule has 2 fully saturated rings. The van der Waals surface area contributed by atoms with Crippen LogP contribution >= 0.6 is 0 Å². The number of hydrogen-bond acceptors (Lipinski definition) is 13. The van der Waals surface area contributed by atoms with E-state index in [-0.39, 0.29) is 82.5 Å². The first kappa shape index (κ1) is 72.4. The minimum absolute atomic E-state index is 0.00836. The van der Waals surface area contributed by atoms with Crippen LogP contribution in [0, 0.1) is 11.8 Å². The zero-order valence-electron chi connectivity index (χ0n) is 55.0. The minimum Gasteiger partial charge on any atom is -0.508 e. The van der Waals surface area contributed by atoms with Gasteiger partial charge in [0, 0.05) is 55.7 Å². The van der Waals surface area contributed by atoms with E-state index >= 15 is 19.2 Å². The molecule has 0 unspecified atom stereocenters. The lowest BCUT2D eigenvalue weighted by molar-refractivity contribution is -0.142. The molecule has 5 aromatic carbocycles. The van der Waals surface area contributed by atoms with Gasteiger partial charge in [-0.15, -0.1) is 0 Å². The number of fused-ring (bicyclic) bond motifs is 2. The molecule has 3 heterocycles. The summed E-state index contributed by atoms with van der Waals surface area (Å²) in [5.41, 5.74) is 15.3. The quantitative estimate of drug-likeness (QED) is 0.0587. The summed E-state index contributed by atoms with van der Waals surface area (Å²) in [4.78, 5) is 167. The third-order valence-corrected chi connectivity index (χ3v) is 17.3. The molecule has 2 aliphatic heterocycles. The molecule has 10 atom stereocenters. The Bertz CT molecular complexity index is 3720. The number of phenolic OH excluding ortho intramolecular Hbond substituents is 1. The number of phenols is 1. The van der Waals surface area contributed by atoms with Crippen LogP contribution in [0.25, 0.3) is 10.9 Å². The second-order valence-corrected chi connectivity index (χ2v) is 25.6. The highest BCUT2D eigenvalue weighted by Gasteiger charge is 2.42. The van der Waals surface area contributed by atoms with Crippen LogP contribution in [-0.4, -0.2) is 153 Å². The number of nitrogens with one attached hydrogen (secondary N) is 10. The summed E-state index contributed by atoms with van der Waals surface area (Å²) in [6, 6.07) is 25.0. The molecule has 15 N–H and O–H groups in total. The van der Waals surface area contributed by atoms with E-state index in [0.717, 1.165) is 0 Å². The molecule has 0 spiro atoms. The number of benzene rings is 5. The summed E-state index contributed by atoms with van der Waals surface area (Å²) >= 11 is 0. The first-order chi connectivity index (χ1) is 46.5. The lowest BCUT2D eigenvalue weighted by Gasteiger charge is -2.32. The van der Waals surface area contributed by atoms with Crippen molar-refractivity contribution in [1.29, 1.82) is 0 Å². The number of nitrogens with zero attached hydrogens (tertiary/aromatic N) is 1. The molecule has 0 aliphatic carbocycles. The molecule has 8 rings (SSSR count). The summed E-state index contributed by atoms with van der Waals surface area (Å²) in [5.74, 6) is -10.3.